The van der Waals surface area contributed by atoms with Gasteiger partial charge in [0.05, 0.1) is 25.8 Å². The van der Waals surface area contributed by atoms with Crippen LogP contribution in [-0.4, -0.2) is 49.4 Å². The fourth-order valence-corrected chi connectivity index (χ4v) is 1.73. The van der Waals surface area contributed by atoms with Crippen LogP contribution in [0.15, 0.2) is 24.5 Å². The molecule has 0 amide bonds. The standard InChI is InChI=1S/C12H13ClN4O4/c1-21-11(19)4-8(18)12(20)7-5-14-17(6-7)10-3-2-9(13)15-16-10/h2-3,5-6,8,12,18,20H,4H2,1H3. The number of carbonyl (C=O) groups excluding carboxylic acids is 1. The number of methoxy groups -OCH3 is 1. The summed E-state index contributed by atoms with van der Waals surface area (Å²) in [5.41, 5.74) is 0.336. The summed E-state index contributed by atoms with van der Waals surface area (Å²) in [6, 6.07) is 3.15. The molecular formula is C12H13ClN4O4. The molecule has 0 radical (unpaired) electrons. The summed E-state index contributed by atoms with van der Waals surface area (Å²) in [4.78, 5) is 11.1. The molecule has 2 heterocycles. The van der Waals surface area contributed by atoms with Crippen molar-refractivity contribution in [1.29, 1.82) is 0 Å². The van der Waals surface area contributed by atoms with E-state index in [0.29, 0.717) is 11.4 Å². The van der Waals surface area contributed by atoms with E-state index in [-0.39, 0.29) is 11.6 Å². The number of hydrogen-bond donors (Lipinski definition) is 2. The van der Waals surface area contributed by atoms with Crippen molar-refractivity contribution in [3.63, 3.8) is 0 Å². The lowest BCUT2D eigenvalue weighted by Crippen LogP contribution is -2.22. The molecule has 0 aliphatic heterocycles. The highest BCUT2D eigenvalue weighted by molar-refractivity contribution is 6.29. The number of hydrogen-bond acceptors (Lipinski definition) is 7. The molecule has 8 nitrogen and oxygen atoms in total. The van der Waals surface area contributed by atoms with Crippen molar-refractivity contribution >= 4 is 17.6 Å². The molecule has 0 spiro atoms. The third-order valence-electron chi connectivity index (χ3n) is 2.76. The zero-order valence-electron chi connectivity index (χ0n) is 11.0. The quantitative estimate of drug-likeness (QED) is 0.762. The van der Waals surface area contributed by atoms with Gasteiger partial charge < -0.3 is 14.9 Å². The molecule has 2 aromatic heterocycles. The van der Waals surface area contributed by atoms with Crippen LogP contribution in [0.1, 0.15) is 18.1 Å². The van der Waals surface area contributed by atoms with Crippen molar-refractivity contribution in [2.24, 2.45) is 0 Å². The van der Waals surface area contributed by atoms with Gasteiger partial charge in [-0.3, -0.25) is 4.79 Å². The van der Waals surface area contributed by atoms with Crippen molar-refractivity contribution in [3.8, 4) is 5.82 Å². The van der Waals surface area contributed by atoms with Crippen LogP contribution in [0.25, 0.3) is 5.82 Å². The average Bonchev–Trinajstić information content (AvgIpc) is 2.96. The second-order valence-electron chi connectivity index (χ2n) is 4.22. The summed E-state index contributed by atoms with van der Waals surface area (Å²) in [7, 11) is 1.21. The Bertz CT molecular complexity index is 616. The van der Waals surface area contributed by atoms with Crippen LogP contribution < -0.4 is 0 Å². The monoisotopic (exact) mass is 312 g/mol. The Kier molecular flexibility index (Phi) is 4.84. The summed E-state index contributed by atoms with van der Waals surface area (Å²) in [5.74, 6) is -0.210. The number of nitrogens with zero attached hydrogens (tertiary/aromatic N) is 4. The predicted molar refractivity (Wildman–Crippen MR) is 71.8 cm³/mol. The highest BCUT2D eigenvalue weighted by Gasteiger charge is 2.23. The minimum Gasteiger partial charge on any atom is -0.469 e. The van der Waals surface area contributed by atoms with Crippen molar-refractivity contribution in [1.82, 2.24) is 20.0 Å². The van der Waals surface area contributed by atoms with Gasteiger partial charge in [0.25, 0.3) is 0 Å². The second-order valence-corrected chi connectivity index (χ2v) is 4.61. The molecule has 0 aliphatic carbocycles. The molecule has 0 fully saturated rings. The molecule has 2 aromatic rings. The molecule has 2 N–H and O–H groups in total. The van der Waals surface area contributed by atoms with Crippen LogP contribution in [0.4, 0.5) is 0 Å². The van der Waals surface area contributed by atoms with E-state index in [4.69, 9.17) is 11.6 Å². The maximum atomic E-state index is 11.1. The Morgan fingerprint density at radius 2 is 2.19 bits per heavy atom. The topological polar surface area (TPSA) is 110 Å². The van der Waals surface area contributed by atoms with E-state index in [9.17, 15) is 15.0 Å². The Balaban J connectivity index is 2.11. The number of halogens is 1. The van der Waals surface area contributed by atoms with Gasteiger partial charge >= 0.3 is 5.97 Å². The number of rotatable bonds is 5. The molecule has 21 heavy (non-hydrogen) atoms. The van der Waals surface area contributed by atoms with E-state index >= 15 is 0 Å². The van der Waals surface area contributed by atoms with Gasteiger partial charge in [0.15, 0.2) is 11.0 Å². The molecule has 0 saturated carbocycles. The Morgan fingerprint density at radius 3 is 2.81 bits per heavy atom. The third-order valence-corrected chi connectivity index (χ3v) is 2.97. The normalized spacial score (nSPS) is 13.7. The lowest BCUT2D eigenvalue weighted by molar-refractivity contribution is -0.144. The molecule has 0 aromatic carbocycles. The number of aliphatic hydroxyl groups is 2. The maximum absolute atomic E-state index is 11.1. The SMILES string of the molecule is COC(=O)CC(O)C(O)c1cnn(-c2ccc(Cl)nn2)c1. The van der Waals surface area contributed by atoms with Gasteiger partial charge in [0.1, 0.15) is 6.10 Å². The molecule has 2 rings (SSSR count). The lowest BCUT2D eigenvalue weighted by Gasteiger charge is -2.14. The van der Waals surface area contributed by atoms with Crippen LogP contribution in [0, 0.1) is 0 Å². The van der Waals surface area contributed by atoms with Crippen LogP contribution in [0.2, 0.25) is 5.15 Å². The van der Waals surface area contributed by atoms with Gasteiger partial charge in [0.2, 0.25) is 0 Å². The minimum absolute atomic E-state index is 0.250. The van der Waals surface area contributed by atoms with Crippen LogP contribution in [0.3, 0.4) is 0 Å². The molecular weight excluding hydrogens is 300 g/mol. The summed E-state index contributed by atoms with van der Waals surface area (Å²) in [6.45, 7) is 0. The predicted octanol–water partition coefficient (Wildman–Crippen LogP) is 0.273. The first-order valence-corrected chi connectivity index (χ1v) is 6.36. The van der Waals surface area contributed by atoms with E-state index in [1.807, 2.05) is 0 Å². The number of esters is 1. The lowest BCUT2D eigenvalue weighted by atomic mass is 10.1. The molecule has 112 valence electrons. The van der Waals surface area contributed by atoms with E-state index in [2.05, 4.69) is 20.0 Å². The highest BCUT2D eigenvalue weighted by Crippen LogP contribution is 2.19. The smallest absolute Gasteiger partial charge is 0.308 e. The van der Waals surface area contributed by atoms with Crippen molar-refractivity contribution in [3.05, 3.63) is 35.2 Å². The Morgan fingerprint density at radius 1 is 1.43 bits per heavy atom. The molecule has 0 aliphatic rings. The summed E-state index contributed by atoms with van der Waals surface area (Å²) in [6.07, 6.45) is -0.0294. The first-order chi connectivity index (χ1) is 10.0. The molecule has 0 saturated heterocycles. The van der Waals surface area contributed by atoms with E-state index < -0.39 is 18.2 Å². The summed E-state index contributed by atoms with van der Waals surface area (Å²) < 4.78 is 5.80. The van der Waals surface area contributed by atoms with E-state index in [1.165, 1.54) is 24.2 Å². The van der Waals surface area contributed by atoms with E-state index in [0.717, 1.165) is 0 Å². The first-order valence-electron chi connectivity index (χ1n) is 5.98. The number of aromatic nitrogens is 4. The molecule has 2 unspecified atom stereocenters. The van der Waals surface area contributed by atoms with Crippen LogP contribution in [0.5, 0.6) is 0 Å². The average molecular weight is 313 g/mol. The fourth-order valence-electron chi connectivity index (χ4n) is 1.63. The van der Waals surface area contributed by atoms with E-state index in [1.54, 1.807) is 12.1 Å². The molecule has 9 heteroatoms. The maximum Gasteiger partial charge on any atom is 0.308 e. The number of ether oxygens (including phenoxy) is 1. The largest absolute Gasteiger partial charge is 0.469 e. The first kappa shape index (κ1) is 15.4. The zero-order valence-corrected chi connectivity index (χ0v) is 11.8. The zero-order chi connectivity index (χ0) is 15.4. The van der Waals surface area contributed by atoms with Crippen molar-refractivity contribution < 1.29 is 19.7 Å². The third kappa shape index (κ3) is 3.75. The van der Waals surface area contributed by atoms with Gasteiger partial charge in [0, 0.05) is 11.8 Å². The van der Waals surface area contributed by atoms with Crippen molar-refractivity contribution in [2.45, 2.75) is 18.6 Å². The minimum atomic E-state index is -1.29. The number of aliphatic hydroxyl groups excluding tert-OH is 2. The van der Waals surface area contributed by atoms with Gasteiger partial charge in [-0.25, -0.2) is 4.68 Å². The van der Waals surface area contributed by atoms with Crippen molar-refractivity contribution in [2.75, 3.05) is 7.11 Å². The van der Waals surface area contributed by atoms with Gasteiger partial charge in [-0.1, -0.05) is 11.6 Å². The fraction of sp³-hybridized carbons (Fsp3) is 0.333. The molecule has 2 atom stereocenters. The summed E-state index contributed by atoms with van der Waals surface area (Å²) >= 11 is 5.64. The van der Waals surface area contributed by atoms with Gasteiger partial charge in [-0.2, -0.15) is 5.10 Å². The second kappa shape index (κ2) is 6.61. The van der Waals surface area contributed by atoms with Gasteiger partial charge in [-0.05, 0) is 12.1 Å². The Labute approximate surface area is 124 Å². The van der Waals surface area contributed by atoms with Gasteiger partial charge in [-0.15, -0.1) is 10.2 Å². The molecule has 0 bridgehead atoms. The van der Waals surface area contributed by atoms with Crippen LogP contribution in [-0.2, 0) is 9.53 Å². The summed E-state index contributed by atoms with van der Waals surface area (Å²) in [5, 5.41) is 31.5. The Hall–Kier alpha value is -2.03. The van der Waals surface area contributed by atoms with Crippen LogP contribution >= 0.6 is 11.6 Å². The highest BCUT2D eigenvalue weighted by atomic mass is 35.5. The number of carbonyl (C=O) groups is 1.